The molecule has 0 spiro atoms. The van der Waals surface area contributed by atoms with E-state index in [1.807, 2.05) is 7.11 Å². The standard InChI is InChI=1S/C11H22O/c1-8-7-9(12-6)11(4,5)10(8,2)3/h8-9H,7H2,1-6H3. The second kappa shape index (κ2) is 2.73. The molecule has 0 aromatic heterocycles. The molecule has 0 aromatic rings. The van der Waals surface area contributed by atoms with Gasteiger partial charge in [0.25, 0.3) is 0 Å². The van der Waals surface area contributed by atoms with Crippen molar-refractivity contribution in [2.45, 2.75) is 47.1 Å². The third-order valence-corrected chi connectivity index (χ3v) is 4.55. The molecule has 0 radical (unpaired) electrons. The Bertz CT molecular complexity index is 170. The molecule has 1 aliphatic rings. The van der Waals surface area contributed by atoms with Crippen LogP contribution < -0.4 is 0 Å². The fraction of sp³-hybridized carbons (Fsp3) is 1.00. The van der Waals surface area contributed by atoms with Gasteiger partial charge in [0.2, 0.25) is 0 Å². The van der Waals surface area contributed by atoms with Crippen molar-refractivity contribution in [3.8, 4) is 0 Å². The summed E-state index contributed by atoms with van der Waals surface area (Å²) in [5.74, 6) is 0.762. The van der Waals surface area contributed by atoms with Crippen molar-refractivity contribution >= 4 is 0 Å². The van der Waals surface area contributed by atoms with Gasteiger partial charge in [0, 0.05) is 7.11 Å². The molecule has 0 aliphatic heterocycles. The number of hydrogen-bond donors (Lipinski definition) is 0. The van der Waals surface area contributed by atoms with E-state index in [1.165, 1.54) is 6.42 Å². The first-order chi connectivity index (χ1) is 5.34. The summed E-state index contributed by atoms with van der Waals surface area (Å²) in [7, 11) is 1.83. The van der Waals surface area contributed by atoms with E-state index in [-0.39, 0.29) is 0 Å². The smallest absolute Gasteiger partial charge is 0.0630 e. The molecule has 0 amide bonds. The lowest BCUT2D eigenvalue weighted by Crippen LogP contribution is -2.37. The van der Waals surface area contributed by atoms with E-state index in [0.717, 1.165) is 5.92 Å². The predicted molar refractivity (Wildman–Crippen MR) is 52.1 cm³/mol. The molecule has 1 heteroatoms. The minimum atomic E-state index is 0.307. The van der Waals surface area contributed by atoms with Gasteiger partial charge in [-0.1, -0.05) is 34.6 Å². The Morgan fingerprint density at radius 2 is 1.58 bits per heavy atom. The molecule has 72 valence electrons. The predicted octanol–water partition coefficient (Wildman–Crippen LogP) is 3.09. The van der Waals surface area contributed by atoms with E-state index in [1.54, 1.807) is 0 Å². The largest absolute Gasteiger partial charge is 0.381 e. The Hall–Kier alpha value is -0.0400. The fourth-order valence-electron chi connectivity index (χ4n) is 2.35. The molecule has 2 unspecified atom stereocenters. The lowest BCUT2D eigenvalue weighted by atomic mass is 9.67. The Kier molecular flexibility index (Phi) is 2.28. The van der Waals surface area contributed by atoms with Crippen LogP contribution in [-0.2, 0) is 4.74 Å². The SMILES string of the molecule is COC1CC(C)C(C)(C)C1(C)C. The van der Waals surface area contributed by atoms with E-state index in [9.17, 15) is 0 Å². The van der Waals surface area contributed by atoms with Gasteiger partial charge in [-0.25, -0.2) is 0 Å². The number of rotatable bonds is 1. The molecule has 1 fully saturated rings. The first kappa shape index (κ1) is 10.0. The Morgan fingerprint density at radius 3 is 1.75 bits per heavy atom. The maximum Gasteiger partial charge on any atom is 0.0630 e. The van der Waals surface area contributed by atoms with Crippen LogP contribution in [0.5, 0.6) is 0 Å². The highest BCUT2D eigenvalue weighted by Gasteiger charge is 2.52. The third kappa shape index (κ3) is 1.10. The number of hydrogen-bond acceptors (Lipinski definition) is 1. The molecular formula is C11H22O. The lowest BCUT2D eigenvalue weighted by molar-refractivity contribution is -0.0146. The van der Waals surface area contributed by atoms with E-state index in [2.05, 4.69) is 34.6 Å². The van der Waals surface area contributed by atoms with Crippen molar-refractivity contribution < 1.29 is 4.74 Å². The molecule has 0 N–H and O–H groups in total. The van der Waals surface area contributed by atoms with E-state index in [0.29, 0.717) is 16.9 Å². The topological polar surface area (TPSA) is 9.23 Å². The van der Waals surface area contributed by atoms with Crippen LogP contribution in [0.2, 0.25) is 0 Å². The Morgan fingerprint density at radius 1 is 1.08 bits per heavy atom. The van der Waals surface area contributed by atoms with Crippen LogP contribution in [-0.4, -0.2) is 13.2 Å². The van der Waals surface area contributed by atoms with Gasteiger partial charge < -0.3 is 4.74 Å². The highest BCUT2D eigenvalue weighted by atomic mass is 16.5. The molecule has 0 saturated heterocycles. The summed E-state index contributed by atoms with van der Waals surface area (Å²) in [5.41, 5.74) is 0.703. The summed E-state index contributed by atoms with van der Waals surface area (Å²) < 4.78 is 5.53. The molecule has 1 aliphatic carbocycles. The molecule has 0 aromatic carbocycles. The normalized spacial score (nSPS) is 38.5. The number of ether oxygens (including phenoxy) is 1. The van der Waals surface area contributed by atoms with Gasteiger partial charge in [-0.3, -0.25) is 0 Å². The van der Waals surface area contributed by atoms with Crippen LogP contribution in [0.25, 0.3) is 0 Å². The second-order valence-electron chi connectivity index (χ2n) is 5.30. The zero-order valence-electron chi connectivity index (χ0n) is 9.27. The average molecular weight is 170 g/mol. The van der Waals surface area contributed by atoms with E-state index >= 15 is 0 Å². The zero-order chi connectivity index (χ0) is 9.57. The molecular weight excluding hydrogens is 148 g/mol. The monoisotopic (exact) mass is 170 g/mol. The van der Waals surface area contributed by atoms with Crippen molar-refractivity contribution in [2.75, 3.05) is 7.11 Å². The van der Waals surface area contributed by atoms with Crippen LogP contribution in [0.1, 0.15) is 41.0 Å². The van der Waals surface area contributed by atoms with Gasteiger partial charge >= 0.3 is 0 Å². The average Bonchev–Trinajstić information content (AvgIpc) is 2.10. The molecule has 1 rings (SSSR count). The van der Waals surface area contributed by atoms with Gasteiger partial charge in [0.05, 0.1) is 6.10 Å². The minimum Gasteiger partial charge on any atom is -0.381 e. The summed E-state index contributed by atoms with van der Waals surface area (Å²) in [6.07, 6.45) is 1.64. The lowest BCUT2D eigenvalue weighted by Gasteiger charge is -2.40. The van der Waals surface area contributed by atoms with Gasteiger partial charge in [-0.2, -0.15) is 0 Å². The Labute approximate surface area is 76.5 Å². The maximum absolute atomic E-state index is 5.53. The molecule has 1 nitrogen and oxygen atoms in total. The van der Waals surface area contributed by atoms with Gasteiger partial charge in [-0.05, 0) is 23.2 Å². The van der Waals surface area contributed by atoms with E-state index in [4.69, 9.17) is 4.74 Å². The molecule has 0 bridgehead atoms. The van der Waals surface area contributed by atoms with Crippen LogP contribution in [0.4, 0.5) is 0 Å². The maximum atomic E-state index is 5.53. The first-order valence-corrected chi connectivity index (χ1v) is 4.87. The van der Waals surface area contributed by atoms with Crippen molar-refractivity contribution in [3.63, 3.8) is 0 Å². The summed E-state index contributed by atoms with van der Waals surface area (Å²) >= 11 is 0. The van der Waals surface area contributed by atoms with E-state index < -0.39 is 0 Å². The molecule has 12 heavy (non-hydrogen) atoms. The minimum absolute atomic E-state index is 0.307. The fourth-order valence-corrected chi connectivity index (χ4v) is 2.35. The molecule has 0 heterocycles. The van der Waals surface area contributed by atoms with Gasteiger partial charge in [0.15, 0.2) is 0 Å². The summed E-state index contributed by atoms with van der Waals surface area (Å²) in [5, 5.41) is 0. The molecule has 2 atom stereocenters. The van der Waals surface area contributed by atoms with Crippen LogP contribution >= 0.6 is 0 Å². The van der Waals surface area contributed by atoms with Crippen molar-refractivity contribution in [2.24, 2.45) is 16.7 Å². The van der Waals surface area contributed by atoms with Crippen molar-refractivity contribution in [3.05, 3.63) is 0 Å². The van der Waals surface area contributed by atoms with Crippen molar-refractivity contribution in [1.82, 2.24) is 0 Å². The van der Waals surface area contributed by atoms with Gasteiger partial charge in [-0.15, -0.1) is 0 Å². The third-order valence-electron chi connectivity index (χ3n) is 4.55. The summed E-state index contributed by atoms with van der Waals surface area (Å²) in [6, 6.07) is 0. The Balaban J connectivity index is 2.92. The highest BCUT2D eigenvalue weighted by Crippen LogP contribution is 2.56. The number of methoxy groups -OCH3 is 1. The molecule has 1 saturated carbocycles. The summed E-state index contributed by atoms with van der Waals surface area (Å²) in [4.78, 5) is 0. The second-order valence-corrected chi connectivity index (χ2v) is 5.30. The first-order valence-electron chi connectivity index (χ1n) is 4.87. The quantitative estimate of drug-likeness (QED) is 0.587. The van der Waals surface area contributed by atoms with Crippen LogP contribution in [0, 0.1) is 16.7 Å². The zero-order valence-corrected chi connectivity index (χ0v) is 9.27. The van der Waals surface area contributed by atoms with Crippen LogP contribution in [0.15, 0.2) is 0 Å². The highest BCUT2D eigenvalue weighted by molar-refractivity contribution is 5.02. The van der Waals surface area contributed by atoms with Gasteiger partial charge in [0.1, 0.15) is 0 Å². The summed E-state index contributed by atoms with van der Waals surface area (Å²) in [6.45, 7) is 11.7. The van der Waals surface area contributed by atoms with Crippen molar-refractivity contribution in [1.29, 1.82) is 0 Å². The van der Waals surface area contributed by atoms with Crippen LogP contribution in [0.3, 0.4) is 0 Å².